The molecule has 0 aliphatic carbocycles. The van der Waals surface area contributed by atoms with Crippen LogP contribution in [0, 0.1) is 6.92 Å². The number of benzene rings is 1. The molecule has 1 aromatic heterocycles. The number of nitrogens with zero attached hydrogens (tertiary/aromatic N) is 1. The molecule has 1 fully saturated rings. The zero-order valence-corrected chi connectivity index (χ0v) is 13.7. The van der Waals surface area contributed by atoms with E-state index in [-0.39, 0.29) is 17.9 Å². The molecule has 2 aromatic rings. The van der Waals surface area contributed by atoms with Crippen LogP contribution in [0.15, 0.2) is 41.8 Å². The number of Topliss-reactive ketones (excluding diaryl/α,β-unsaturated/α-hetero) is 1. The van der Waals surface area contributed by atoms with Crippen molar-refractivity contribution in [2.45, 2.75) is 38.5 Å². The normalized spacial score (nSPS) is 28.9. The Bertz CT molecular complexity index is 668. The highest BCUT2D eigenvalue weighted by Crippen LogP contribution is 2.36. The minimum atomic E-state index is -1.12. The van der Waals surface area contributed by atoms with Crippen LogP contribution in [0.4, 0.5) is 0 Å². The van der Waals surface area contributed by atoms with Crippen molar-refractivity contribution in [2.75, 3.05) is 0 Å². The van der Waals surface area contributed by atoms with Crippen molar-refractivity contribution in [1.29, 1.82) is 0 Å². The van der Waals surface area contributed by atoms with Crippen LogP contribution in [0.2, 0.25) is 0 Å². The van der Waals surface area contributed by atoms with Gasteiger partial charge in [-0.05, 0) is 32.2 Å². The summed E-state index contributed by atoms with van der Waals surface area (Å²) in [6.45, 7) is 5.64. The van der Waals surface area contributed by atoms with E-state index in [4.69, 9.17) is 0 Å². The molecule has 2 N–H and O–H groups in total. The molecule has 3 atom stereocenters. The molecule has 0 saturated carbocycles. The van der Waals surface area contributed by atoms with Crippen molar-refractivity contribution < 1.29 is 10.0 Å². The average molecular weight is 316 g/mol. The highest BCUT2D eigenvalue weighted by atomic mass is 32.1. The molecule has 1 aliphatic rings. The monoisotopic (exact) mass is 316 g/mol. The van der Waals surface area contributed by atoms with Gasteiger partial charge in [-0.3, -0.25) is 10.1 Å². The second-order valence-electron chi connectivity index (χ2n) is 5.99. The lowest BCUT2D eigenvalue weighted by Gasteiger charge is -2.30. The van der Waals surface area contributed by atoms with E-state index in [1.807, 2.05) is 55.6 Å². The van der Waals surface area contributed by atoms with Gasteiger partial charge in [-0.2, -0.15) is 5.06 Å². The summed E-state index contributed by atoms with van der Waals surface area (Å²) >= 11 is 1.62. The molecular weight excluding hydrogens is 296 g/mol. The highest BCUT2D eigenvalue weighted by molar-refractivity contribution is 7.10. The summed E-state index contributed by atoms with van der Waals surface area (Å²) in [4.78, 5) is 14.0. The van der Waals surface area contributed by atoms with Gasteiger partial charge >= 0.3 is 0 Å². The van der Waals surface area contributed by atoms with Gasteiger partial charge in [0.25, 0.3) is 0 Å². The number of thiophene rings is 1. The zero-order valence-electron chi connectivity index (χ0n) is 12.9. The summed E-state index contributed by atoms with van der Waals surface area (Å²) < 4.78 is 0. The number of hydrogen-bond acceptors (Lipinski definition) is 5. The molecule has 22 heavy (non-hydrogen) atoms. The van der Waals surface area contributed by atoms with Crippen LogP contribution in [0.1, 0.15) is 40.7 Å². The predicted molar refractivity (Wildman–Crippen MR) is 87.2 cm³/mol. The van der Waals surface area contributed by atoms with Crippen LogP contribution < -0.4 is 5.32 Å². The van der Waals surface area contributed by atoms with Crippen molar-refractivity contribution in [3.05, 3.63) is 57.8 Å². The Kier molecular flexibility index (Phi) is 3.91. The van der Waals surface area contributed by atoms with E-state index in [1.54, 1.807) is 18.3 Å². The fraction of sp³-hybridized carbons (Fsp3) is 0.353. The molecule has 3 unspecified atom stereocenters. The van der Waals surface area contributed by atoms with Crippen molar-refractivity contribution in [3.8, 4) is 0 Å². The first-order chi connectivity index (χ1) is 10.4. The number of hydrogen-bond donors (Lipinski definition) is 2. The van der Waals surface area contributed by atoms with Gasteiger partial charge in [-0.15, -0.1) is 11.3 Å². The number of rotatable bonds is 3. The van der Waals surface area contributed by atoms with Gasteiger partial charge in [0.15, 0.2) is 11.4 Å². The van der Waals surface area contributed by atoms with E-state index in [0.29, 0.717) is 5.56 Å². The van der Waals surface area contributed by atoms with E-state index < -0.39 is 5.66 Å². The maximum atomic E-state index is 12.9. The topological polar surface area (TPSA) is 52.6 Å². The third-order valence-electron chi connectivity index (χ3n) is 4.37. The lowest BCUT2D eigenvalue weighted by atomic mass is 9.99. The van der Waals surface area contributed by atoms with Gasteiger partial charge in [-0.1, -0.05) is 35.9 Å². The second-order valence-corrected chi connectivity index (χ2v) is 6.97. The minimum absolute atomic E-state index is 0.0654. The van der Waals surface area contributed by atoms with Gasteiger partial charge in [0.2, 0.25) is 0 Å². The summed E-state index contributed by atoms with van der Waals surface area (Å²) in [7, 11) is 0. The predicted octanol–water partition coefficient (Wildman–Crippen LogP) is 3.38. The first-order valence-corrected chi connectivity index (χ1v) is 8.22. The first kappa shape index (κ1) is 15.4. The van der Waals surface area contributed by atoms with E-state index in [2.05, 4.69) is 5.32 Å². The highest BCUT2D eigenvalue weighted by Gasteiger charge is 2.51. The summed E-state index contributed by atoms with van der Waals surface area (Å²) in [5.74, 6) is -0.124. The lowest BCUT2D eigenvalue weighted by molar-refractivity contribution is -0.154. The van der Waals surface area contributed by atoms with Gasteiger partial charge in [0, 0.05) is 10.4 Å². The smallest absolute Gasteiger partial charge is 0.199 e. The summed E-state index contributed by atoms with van der Waals surface area (Å²) in [6, 6.07) is 11.2. The van der Waals surface area contributed by atoms with Crippen LogP contribution in [0.5, 0.6) is 0 Å². The Morgan fingerprint density at radius 2 is 2.00 bits per heavy atom. The maximum Gasteiger partial charge on any atom is 0.199 e. The fourth-order valence-electron chi connectivity index (χ4n) is 2.97. The Labute approximate surface area is 134 Å². The molecule has 0 bridgehead atoms. The summed E-state index contributed by atoms with van der Waals surface area (Å²) in [5.41, 5.74) is 0.578. The van der Waals surface area contributed by atoms with Gasteiger partial charge in [0.05, 0.1) is 12.1 Å². The molecule has 3 rings (SSSR count). The lowest BCUT2D eigenvalue weighted by Crippen LogP contribution is -2.55. The van der Waals surface area contributed by atoms with Crippen molar-refractivity contribution in [3.63, 3.8) is 0 Å². The Morgan fingerprint density at radius 1 is 1.32 bits per heavy atom. The van der Waals surface area contributed by atoms with Crippen molar-refractivity contribution in [2.24, 2.45) is 0 Å². The van der Waals surface area contributed by atoms with E-state index >= 15 is 0 Å². The van der Waals surface area contributed by atoms with Crippen LogP contribution >= 0.6 is 11.3 Å². The fourth-order valence-corrected chi connectivity index (χ4v) is 3.84. The molecule has 1 saturated heterocycles. The van der Waals surface area contributed by atoms with E-state index in [9.17, 15) is 10.0 Å². The number of hydroxylamine groups is 2. The second kappa shape index (κ2) is 5.59. The molecule has 2 heterocycles. The Hall–Kier alpha value is -1.53. The molecule has 0 radical (unpaired) electrons. The molecule has 1 aromatic carbocycles. The van der Waals surface area contributed by atoms with Crippen LogP contribution in [-0.4, -0.2) is 27.8 Å². The molecule has 116 valence electrons. The maximum absolute atomic E-state index is 12.9. The first-order valence-electron chi connectivity index (χ1n) is 7.34. The van der Waals surface area contributed by atoms with E-state index in [0.717, 1.165) is 15.5 Å². The summed E-state index contributed by atoms with van der Waals surface area (Å²) in [6.07, 6.45) is 0. The molecule has 4 nitrogen and oxygen atoms in total. The third kappa shape index (κ3) is 2.40. The Balaban J connectivity index is 1.92. The minimum Gasteiger partial charge on any atom is -0.311 e. The number of nitrogens with one attached hydrogen (secondary N) is 1. The van der Waals surface area contributed by atoms with Crippen LogP contribution in [0.25, 0.3) is 0 Å². The third-order valence-corrected chi connectivity index (χ3v) is 5.32. The zero-order chi connectivity index (χ0) is 15.9. The average Bonchev–Trinajstić information content (AvgIpc) is 3.11. The van der Waals surface area contributed by atoms with Crippen molar-refractivity contribution in [1.82, 2.24) is 10.4 Å². The van der Waals surface area contributed by atoms with Crippen LogP contribution in [-0.2, 0) is 0 Å². The van der Waals surface area contributed by atoms with Gasteiger partial charge < -0.3 is 5.21 Å². The summed E-state index contributed by atoms with van der Waals surface area (Å²) in [5, 5.41) is 17.0. The van der Waals surface area contributed by atoms with E-state index in [1.165, 1.54) is 0 Å². The molecular formula is C17H20N2O2S. The number of ketones is 1. The van der Waals surface area contributed by atoms with Gasteiger partial charge in [0.1, 0.15) is 0 Å². The SMILES string of the molecule is Cc1ccc(C(=O)C2(C)NC(c3cccs3)C(C)N2O)cc1. The Morgan fingerprint density at radius 3 is 2.59 bits per heavy atom. The quantitative estimate of drug-likeness (QED) is 0.852. The number of aryl methyl sites for hydroxylation is 1. The standard InChI is InChI=1S/C17H20N2O2S/c1-11-6-8-13(9-7-11)16(20)17(3)18-15(12(2)19(17)21)14-5-4-10-22-14/h4-10,12,15,18,21H,1-3H3. The largest absolute Gasteiger partial charge is 0.311 e. The van der Waals surface area contributed by atoms with Crippen LogP contribution in [0.3, 0.4) is 0 Å². The van der Waals surface area contributed by atoms with Crippen molar-refractivity contribution >= 4 is 17.1 Å². The number of carbonyl (C=O) groups excluding carboxylic acids is 1. The number of carbonyl (C=O) groups is 1. The molecule has 0 spiro atoms. The van der Waals surface area contributed by atoms with Gasteiger partial charge in [-0.25, -0.2) is 0 Å². The molecule has 5 heteroatoms. The molecule has 1 aliphatic heterocycles. The molecule has 0 amide bonds.